The number of nitrogens with zero attached hydrogens (tertiary/aromatic N) is 1. The first-order chi connectivity index (χ1) is 9.66. The largest absolute Gasteiger partial charge is 0.314 e. The third-order valence-electron chi connectivity index (χ3n) is 4.50. The third-order valence-corrected chi connectivity index (χ3v) is 4.50. The topological polar surface area (TPSA) is 15.3 Å². The Hall–Kier alpha value is -1.07. The van der Waals surface area contributed by atoms with Gasteiger partial charge in [-0.25, -0.2) is 13.2 Å². The number of piperazine rings is 1. The van der Waals surface area contributed by atoms with Gasteiger partial charge in [-0.05, 0) is 24.8 Å². The quantitative estimate of drug-likeness (QED) is 0.859. The molecule has 3 rings (SSSR count). The van der Waals surface area contributed by atoms with E-state index in [0.717, 1.165) is 51.5 Å². The van der Waals surface area contributed by atoms with Crippen molar-refractivity contribution in [2.45, 2.75) is 25.3 Å². The number of benzene rings is 1. The summed E-state index contributed by atoms with van der Waals surface area (Å²) < 4.78 is 40.7. The van der Waals surface area contributed by atoms with E-state index in [-0.39, 0.29) is 6.04 Å². The van der Waals surface area contributed by atoms with Gasteiger partial charge in [-0.15, -0.1) is 0 Å². The lowest BCUT2D eigenvalue weighted by atomic mass is 9.76. The molecule has 1 saturated carbocycles. The van der Waals surface area contributed by atoms with Crippen molar-refractivity contribution >= 4 is 0 Å². The SMILES string of the molecule is Fc1cc(F)c([C@@H](C2CCC2)N2CCNCC2)cc1F. The Morgan fingerprint density at radius 3 is 2.25 bits per heavy atom. The van der Waals surface area contributed by atoms with Gasteiger partial charge < -0.3 is 5.32 Å². The zero-order valence-electron chi connectivity index (χ0n) is 11.3. The highest BCUT2D eigenvalue weighted by Crippen LogP contribution is 2.42. The summed E-state index contributed by atoms with van der Waals surface area (Å²) in [6, 6.07) is 1.61. The van der Waals surface area contributed by atoms with Gasteiger partial charge in [-0.1, -0.05) is 6.42 Å². The van der Waals surface area contributed by atoms with Crippen LogP contribution >= 0.6 is 0 Å². The lowest BCUT2D eigenvalue weighted by molar-refractivity contribution is 0.0808. The first-order valence-corrected chi connectivity index (χ1v) is 7.26. The number of hydrogen-bond acceptors (Lipinski definition) is 2. The number of nitrogens with one attached hydrogen (secondary N) is 1. The molecule has 1 atom stereocenters. The smallest absolute Gasteiger partial charge is 0.161 e. The lowest BCUT2D eigenvalue weighted by Gasteiger charge is -2.43. The molecule has 5 heteroatoms. The summed E-state index contributed by atoms with van der Waals surface area (Å²) in [6.45, 7) is 3.35. The van der Waals surface area contributed by atoms with Crippen molar-refractivity contribution < 1.29 is 13.2 Å². The fourth-order valence-electron chi connectivity index (χ4n) is 3.23. The van der Waals surface area contributed by atoms with Gasteiger partial charge >= 0.3 is 0 Å². The standard InChI is InChI=1S/C15H19F3N2/c16-12-9-14(18)13(17)8-11(12)15(10-2-1-3-10)20-6-4-19-5-7-20/h8-10,15,19H,1-7H2/t15-/m1/s1. The van der Waals surface area contributed by atoms with Gasteiger partial charge in [0, 0.05) is 43.9 Å². The van der Waals surface area contributed by atoms with E-state index in [4.69, 9.17) is 0 Å². The first-order valence-electron chi connectivity index (χ1n) is 7.26. The fourth-order valence-corrected chi connectivity index (χ4v) is 3.23. The second-order valence-corrected chi connectivity index (χ2v) is 5.71. The van der Waals surface area contributed by atoms with Crippen LogP contribution in [0.4, 0.5) is 13.2 Å². The van der Waals surface area contributed by atoms with E-state index in [1.165, 1.54) is 0 Å². The molecular formula is C15H19F3N2. The Morgan fingerprint density at radius 2 is 1.65 bits per heavy atom. The van der Waals surface area contributed by atoms with Crippen LogP contribution in [0, 0.1) is 23.4 Å². The summed E-state index contributed by atoms with van der Waals surface area (Å²) in [5.41, 5.74) is 0.315. The van der Waals surface area contributed by atoms with E-state index in [9.17, 15) is 13.2 Å². The van der Waals surface area contributed by atoms with Crippen molar-refractivity contribution in [1.29, 1.82) is 0 Å². The van der Waals surface area contributed by atoms with Crippen LogP contribution < -0.4 is 5.32 Å². The molecule has 1 aliphatic carbocycles. The van der Waals surface area contributed by atoms with E-state index in [0.29, 0.717) is 17.5 Å². The molecule has 1 aliphatic heterocycles. The first kappa shape index (κ1) is 13.9. The Balaban J connectivity index is 1.93. The summed E-state index contributed by atoms with van der Waals surface area (Å²) in [6.07, 6.45) is 3.21. The zero-order chi connectivity index (χ0) is 14.1. The average Bonchev–Trinajstić information content (AvgIpc) is 2.39. The van der Waals surface area contributed by atoms with Crippen LogP contribution in [0.1, 0.15) is 30.9 Å². The molecule has 2 fully saturated rings. The summed E-state index contributed by atoms with van der Waals surface area (Å²) >= 11 is 0. The Morgan fingerprint density at radius 1 is 1.00 bits per heavy atom. The van der Waals surface area contributed by atoms with Crippen LogP contribution in [0.2, 0.25) is 0 Å². The van der Waals surface area contributed by atoms with Crippen molar-refractivity contribution in [3.05, 3.63) is 35.1 Å². The molecule has 1 N–H and O–H groups in total. The monoisotopic (exact) mass is 284 g/mol. The van der Waals surface area contributed by atoms with Gasteiger partial charge in [0.1, 0.15) is 5.82 Å². The van der Waals surface area contributed by atoms with Gasteiger partial charge in [0.25, 0.3) is 0 Å². The van der Waals surface area contributed by atoms with Gasteiger partial charge in [-0.3, -0.25) is 4.90 Å². The maximum atomic E-state index is 14.1. The second-order valence-electron chi connectivity index (χ2n) is 5.71. The zero-order valence-corrected chi connectivity index (χ0v) is 11.3. The molecule has 1 aromatic rings. The summed E-state index contributed by atoms with van der Waals surface area (Å²) in [5.74, 6) is -2.34. The van der Waals surface area contributed by atoms with Crippen LogP contribution in [0.5, 0.6) is 0 Å². The highest BCUT2D eigenvalue weighted by molar-refractivity contribution is 5.25. The van der Waals surface area contributed by atoms with E-state index in [1.54, 1.807) is 0 Å². The van der Waals surface area contributed by atoms with Crippen molar-refractivity contribution in [2.24, 2.45) is 5.92 Å². The minimum Gasteiger partial charge on any atom is -0.314 e. The highest BCUT2D eigenvalue weighted by Gasteiger charge is 2.35. The Bertz CT molecular complexity index is 482. The van der Waals surface area contributed by atoms with Crippen molar-refractivity contribution in [3.8, 4) is 0 Å². The van der Waals surface area contributed by atoms with Crippen molar-refractivity contribution in [3.63, 3.8) is 0 Å². The fraction of sp³-hybridized carbons (Fsp3) is 0.600. The van der Waals surface area contributed by atoms with E-state index >= 15 is 0 Å². The number of halogens is 3. The highest BCUT2D eigenvalue weighted by atomic mass is 19.2. The molecule has 0 radical (unpaired) electrons. The van der Waals surface area contributed by atoms with E-state index in [1.807, 2.05) is 0 Å². The number of rotatable bonds is 3. The normalized spacial score (nSPS) is 22.6. The molecular weight excluding hydrogens is 265 g/mol. The molecule has 20 heavy (non-hydrogen) atoms. The molecule has 0 spiro atoms. The third kappa shape index (κ3) is 2.56. The van der Waals surface area contributed by atoms with Crippen molar-refractivity contribution in [1.82, 2.24) is 10.2 Å². The maximum Gasteiger partial charge on any atom is 0.161 e. The molecule has 0 unspecified atom stereocenters. The predicted octanol–water partition coefficient (Wildman–Crippen LogP) is 2.85. The molecule has 0 amide bonds. The van der Waals surface area contributed by atoms with Crippen LogP contribution in [-0.2, 0) is 0 Å². The van der Waals surface area contributed by atoms with Gasteiger partial charge in [0.2, 0.25) is 0 Å². The molecule has 1 aromatic carbocycles. The van der Waals surface area contributed by atoms with Crippen LogP contribution in [0.15, 0.2) is 12.1 Å². The molecule has 1 saturated heterocycles. The average molecular weight is 284 g/mol. The van der Waals surface area contributed by atoms with Gasteiger partial charge in [0.05, 0.1) is 0 Å². The minimum atomic E-state index is -1.11. The summed E-state index contributed by atoms with van der Waals surface area (Å²) in [4.78, 5) is 2.20. The molecule has 2 aliphatic rings. The molecule has 1 heterocycles. The van der Waals surface area contributed by atoms with Crippen LogP contribution in [-0.4, -0.2) is 31.1 Å². The van der Waals surface area contributed by atoms with Crippen LogP contribution in [0.25, 0.3) is 0 Å². The second kappa shape index (κ2) is 5.74. The summed E-state index contributed by atoms with van der Waals surface area (Å²) in [7, 11) is 0. The molecule has 110 valence electrons. The molecule has 0 aromatic heterocycles. The van der Waals surface area contributed by atoms with Gasteiger partial charge in [-0.2, -0.15) is 0 Å². The van der Waals surface area contributed by atoms with Crippen LogP contribution in [0.3, 0.4) is 0 Å². The summed E-state index contributed by atoms with van der Waals surface area (Å²) in [5, 5.41) is 3.26. The minimum absolute atomic E-state index is 0.124. The molecule has 0 bridgehead atoms. The van der Waals surface area contributed by atoms with E-state index < -0.39 is 17.5 Å². The Kier molecular flexibility index (Phi) is 3.98. The number of hydrogen-bond donors (Lipinski definition) is 1. The maximum absolute atomic E-state index is 14.1. The molecule has 2 nitrogen and oxygen atoms in total. The Labute approximate surface area is 117 Å². The lowest BCUT2D eigenvalue weighted by Crippen LogP contribution is -2.48. The van der Waals surface area contributed by atoms with Gasteiger partial charge in [0.15, 0.2) is 11.6 Å². The van der Waals surface area contributed by atoms with Crippen molar-refractivity contribution in [2.75, 3.05) is 26.2 Å². The predicted molar refractivity (Wildman–Crippen MR) is 70.8 cm³/mol. The van der Waals surface area contributed by atoms with E-state index in [2.05, 4.69) is 10.2 Å².